The highest BCUT2D eigenvalue weighted by atomic mass is 79.9. The molecule has 0 aliphatic rings. The van der Waals surface area contributed by atoms with E-state index in [4.69, 9.17) is 0 Å². The van der Waals surface area contributed by atoms with Crippen LogP contribution in [0.1, 0.15) is 29.7 Å². The topological polar surface area (TPSA) is 12.0 Å². The average Bonchev–Trinajstić information content (AvgIpc) is 2.38. The molecule has 1 atom stereocenters. The molecule has 0 spiro atoms. The highest BCUT2D eigenvalue weighted by molar-refractivity contribution is 9.10. The van der Waals surface area contributed by atoms with Gasteiger partial charge in [0, 0.05) is 10.0 Å². The van der Waals surface area contributed by atoms with E-state index in [1.807, 2.05) is 50.2 Å². The van der Waals surface area contributed by atoms with Crippen LogP contribution in [0, 0.1) is 12.7 Å². The van der Waals surface area contributed by atoms with Crippen molar-refractivity contribution in [2.24, 2.45) is 0 Å². The fourth-order valence-electron chi connectivity index (χ4n) is 2.13. The molecule has 0 aromatic heterocycles. The van der Waals surface area contributed by atoms with Crippen LogP contribution in [0.25, 0.3) is 0 Å². The first kappa shape index (κ1) is 14.2. The third-order valence-electron chi connectivity index (χ3n) is 3.08. The summed E-state index contributed by atoms with van der Waals surface area (Å²) in [4.78, 5) is 0. The van der Waals surface area contributed by atoms with E-state index in [-0.39, 0.29) is 11.9 Å². The molecule has 0 fully saturated rings. The summed E-state index contributed by atoms with van der Waals surface area (Å²) in [6, 6.07) is 13.3. The molecule has 0 saturated carbocycles. The lowest BCUT2D eigenvalue weighted by Gasteiger charge is -2.20. The molecule has 0 aliphatic heterocycles. The van der Waals surface area contributed by atoms with E-state index < -0.39 is 0 Å². The number of hydrogen-bond acceptors (Lipinski definition) is 1. The Labute approximate surface area is 122 Å². The molecule has 0 bridgehead atoms. The molecule has 1 N–H and O–H groups in total. The Morgan fingerprint density at radius 1 is 1.16 bits per heavy atom. The molecule has 100 valence electrons. The Morgan fingerprint density at radius 3 is 2.42 bits per heavy atom. The van der Waals surface area contributed by atoms with Crippen molar-refractivity contribution in [3.05, 3.63) is 69.4 Å². The van der Waals surface area contributed by atoms with Crippen molar-refractivity contribution in [1.82, 2.24) is 5.32 Å². The smallest absolute Gasteiger partial charge is 0.128 e. The standard InChI is InChI=1S/C16H17BrFN/c1-3-19-16(12-5-7-13(17)8-6-12)14-9-4-11(2)10-15(14)18/h4-10,16,19H,3H2,1-2H3. The summed E-state index contributed by atoms with van der Waals surface area (Å²) < 4.78 is 15.2. The molecule has 2 aromatic carbocycles. The van der Waals surface area contributed by atoms with Gasteiger partial charge in [-0.3, -0.25) is 0 Å². The van der Waals surface area contributed by atoms with Gasteiger partial charge in [-0.1, -0.05) is 47.1 Å². The largest absolute Gasteiger partial charge is 0.306 e. The average molecular weight is 322 g/mol. The van der Waals surface area contributed by atoms with Crippen LogP contribution in [0.15, 0.2) is 46.9 Å². The summed E-state index contributed by atoms with van der Waals surface area (Å²) >= 11 is 3.42. The summed E-state index contributed by atoms with van der Waals surface area (Å²) in [6.07, 6.45) is 0. The van der Waals surface area contributed by atoms with Crippen LogP contribution in [0.5, 0.6) is 0 Å². The lowest BCUT2D eigenvalue weighted by molar-refractivity contribution is 0.558. The second kappa shape index (κ2) is 6.31. The Kier molecular flexibility index (Phi) is 4.72. The number of hydrogen-bond donors (Lipinski definition) is 1. The van der Waals surface area contributed by atoms with Gasteiger partial charge in [0.25, 0.3) is 0 Å². The second-order valence-electron chi connectivity index (χ2n) is 4.57. The molecule has 1 nitrogen and oxygen atoms in total. The van der Waals surface area contributed by atoms with E-state index in [0.717, 1.165) is 22.1 Å². The maximum atomic E-state index is 14.1. The first-order chi connectivity index (χ1) is 9.11. The van der Waals surface area contributed by atoms with Crippen LogP contribution in [0.4, 0.5) is 4.39 Å². The highest BCUT2D eigenvalue weighted by Gasteiger charge is 2.16. The van der Waals surface area contributed by atoms with E-state index in [1.54, 1.807) is 6.07 Å². The molecule has 0 amide bonds. The Bertz CT molecular complexity index is 551. The summed E-state index contributed by atoms with van der Waals surface area (Å²) in [5.41, 5.74) is 2.69. The first-order valence-electron chi connectivity index (χ1n) is 6.36. The maximum Gasteiger partial charge on any atom is 0.128 e. The lowest BCUT2D eigenvalue weighted by atomic mass is 9.97. The van der Waals surface area contributed by atoms with Gasteiger partial charge in [-0.15, -0.1) is 0 Å². The number of halogens is 2. The fourth-order valence-corrected chi connectivity index (χ4v) is 2.40. The normalized spacial score (nSPS) is 12.4. The molecular formula is C16H17BrFN. The monoisotopic (exact) mass is 321 g/mol. The third-order valence-corrected chi connectivity index (χ3v) is 3.61. The fraction of sp³-hybridized carbons (Fsp3) is 0.250. The molecule has 3 heteroatoms. The molecular weight excluding hydrogens is 305 g/mol. The van der Waals surface area contributed by atoms with Gasteiger partial charge in [0.2, 0.25) is 0 Å². The van der Waals surface area contributed by atoms with Crippen LogP contribution in [-0.4, -0.2) is 6.54 Å². The van der Waals surface area contributed by atoms with Crippen molar-refractivity contribution >= 4 is 15.9 Å². The van der Waals surface area contributed by atoms with Crippen molar-refractivity contribution in [2.45, 2.75) is 19.9 Å². The first-order valence-corrected chi connectivity index (χ1v) is 7.16. The van der Waals surface area contributed by atoms with Gasteiger partial charge in [0.1, 0.15) is 5.82 Å². The Hall–Kier alpha value is -1.19. The van der Waals surface area contributed by atoms with E-state index >= 15 is 0 Å². The van der Waals surface area contributed by atoms with Crippen LogP contribution < -0.4 is 5.32 Å². The number of benzene rings is 2. The van der Waals surface area contributed by atoms with Gasteiger partial charge in [0.05, 0.1) is 6.04 Å². The molecule has 0 saturated heterocycles. The zero-order chi connectivity index (χ0) is 13.8. The summed E-state index contributed by atoms with van der Waals surface area (Å²) in [6.45, 7) is 4.71. The molecule has 1 unspecified atom stereocenters. The minimum absolute atomic E-state index is 0.112. The van der Waals surface area contributed by atoms with Gasteiger partial charge >= 0.3 is 0 Å². The van der Waals surface area contributed by atoms with E-state index in [9.17, 15) is 4.39 Å². The molecule has 0 heterocycles. The predicted molar refractivity (Wildman–Crippen MR) is 80.8 cm³/mol. The summed E-state index contributed by atoms with van der Waals surface area (Å²) in [7, 11) is 0. The van der Waals surface area contributed by atoms with Crippen molar-refractivity contribution in [3.63, 3.8) is 0 Å². The number of aryl methyl sites for hydroxylation is 1. The number of rotatable bonds is 4. The lowest BCUT2D eigenvalue weighted by Crippen LogP contribution is -2.23. The van der Waals surface area contributed by atoms with Gasteiger partial charge in [-0.05, 0) is 42.8 Å². The van der Waals surface area contributed by atoms with E-state index in [2.05, 4.69) is 21.2 Å². The van der Waals surface area contributed by atoms with Gasteiger partial charge in [-0.25, -0.2) is 4.39 Å². The summed E-state index contributed by atoms with van der Waals surface area (Å²) in [5.74, 6) is -0.158. The van der Waals surface area contributed by atoms with Crippen LogP contribution in [-0.2, 0) is 0 Å². The minimum atomic E-state index is -0.158. The zero-order valence-corrected chi connectivity index (χ0v) is 12.7. The van der Waals surface area contributed by atoms with Crippen molar-refractivity contribution in [3.8, 4) is 0 Å². The molecule has 0 radical (unpaired) electrons. The molecule has 19 heavy (non-hydrogen) atoms. The highest BCUT2D eigenvalue weighted by Crippen LogP contribution is 2.26. The van der Waals surface area contributed by atoms with Crippen LogP contribution >= 0.6 is 15.9 Å². The molecule has 0 aliphatic carbocycles. The zero-order valence-electron chi connectivity index (χ0n) is 11.1. The SMILES string of the molecule is CCNC(c1ccc(Br)cc1)c1ccc(C)cc1F. The quantitative estimate of drug-likeness (QED) is 0.868. The minimum Gasteiger partial charge on any atom is -0.306 e. The van der Waals surface area contributed by atoms with Crippen molar-refractivity contribution in [2.75, 3.05) is 6.54 Å². The van der Waals surface area contributed by atoms with Crippen LogP contribution in [0.3, 0.4) is 0 Å². The predicted octanol–water partition coefficient (Wildman–Crippen LogP) is 4.60. The Morgan fingerprint density at radius 2 is 1.84 bits per heavy atom. The van der Waals surface area contributed by atoms with Gasteiger partial charge in [-0.2, -0.15) is 0 Å². The van der Waals surface area contributed by atoms with Crippen molar-refractivity contribution < 1.29 is 4.39 Å². The van der Waals surface area contributed by atoms with Gasteiger partial charge < -0.3 is 5.32 Å². The number of nitrogens with one attached hydrogen (secondary N) is 1. The van der Waals surface area contributed by atoms with Gasteiger partial charge in [0.15, 0.2) is 0 Å². The van der Waals surface area contributed by atoms with Crippen LogP contribution in [0.2, 0.25) is 0 Å². The second-order valence-corrected chi connectivity index (χ2v) is 5.48. The molecule has 2 aromatic rings. The third kappa shape index (κ3) is 3.43. The van der Waals surface area contributed by atoms with E-state index in [1.165, 1.54) is 0 Å². The Balaban J connectivity index is 2.41. The molecule has 2 rings (SSSR count). The maximum absolute atomic E-state index is 14.1. The van der Waals surface area contributed by atoms with Crippen molar-refractivity contribution in [1.29, 1.82) is 0 Å². The van der Waals surface area contributed by atoms with E-state index in [0.29, 0.717) is 5.56 Å². The summed E-state index contributed by atoms with van der Waals surface area (Å²) in [5, 5.41) is 3.34.